The van der Waals surface area contributed by atoms with Crippen LogP contribution in [0, 0.1) is 6.92 Å². The number of hydrogen-bond acceptors (Lipinski definition) is 6. The minimum absolute atomic E-state index is 0.551. The van der Waals surface area contributed by atoms with Crippen LogP contribution in [-0.2, 0) is 13.1 Å². The average molecular weight is 275 g/mol. The summed E-state index contributed by atoms with van der Waals surface area (Å²) in [5, 5.41) is 16.2. The zero-order valence-corrected chi connectivity index (χ0v) is 11.2. The fourth-order valence-electron chi connectivity index (χ4n) is 1.80. The van der Waals surface area contributed by atoms with E-state index in [1.54, 1.807) is 18.3 Å². The number of H-pyrrole nitrogens is 1. The van der Waals surface area contributed by atoms with E-state index in [-0.39, 0.29) is 0 Å². The maximum absolute atomic E-state index is 5.04. The summed E-state index contributed by atoms with van der Waals surface area (Å²) in [4.78, 5) is 5.32. The summed E-state index contributed by atoms with van der Waals surface area (Å²) in [7, 11) is 0. The van der Waals surface area contributed by atoms with E-state index in [1.807, 2.05) is 12.3 Å². The van der Waals surface area contributed by atoms with Gasteiger partial charge >= 0.3 is 0 Å². The van der Waals surface area contributed by atoms with E-state index in [0.717, 1.165) is 11.3 Å². The molecule has 0 amide bonds. The second-order valence-electron chi connectivity index (χ2n) is 4.09. The summed E-state index contributed by atoms with van der Waals surface area (Å²) in [5.74, 6) is 1.25. The molecule has 0 aliphatic carbocycles. The van der Waals surface area contributed by atoms with E-state index in [2.05, 4.69) is 37.1 Å². The third kappa shape index (κ3) is 2.72. The number of hydrogen-bond donors (Lipinski definition) is 2. The van der Waals surface area contributed by atoms with Gasteiger partial charge in [0, 0.05) is 12.1 Å². The van der Waals surface area contributed by atoms with E-state index < -0.39 is 0 Å². The molecule has 0 aliphatic rings. The fourth-order valence-corrected chi connectivity index (χ4v) is 2.55. The number of thiophene rings is 1. The van der Waals surface area contributed by atoms with E-state index in [1.165, 1.54) is 4.88 Å². The molecule has 0 aromatic carbocycles. The Morgan fingerprint density at radius 3 is 3.11 bits per heavy atom. The first kappa shape index (κ1) is 12.1. The van der Waals surface area contributed by atoms with Gasteiger partial charge in [-0.05, 0) is 18.4 Å². The Hall–Kier alpha value is -1.99. The monoisotopic (exact) mass is 275 g/mol. The summed E-state index contributed by atoms with van der Waals surface area (Å²) in [6.07, 6.45) is 1.83. The SMILES string of the molecule is Cc1noc(CNCc2cn[nH]c2-c2cccs2)n1. The maximum Gasteiger partial charge on any atom is 0.240 e. The lowest BCUT2D eigenvalue weighted by Gasteiger charge is -2.01. The van der Waals surface area contributed by atoms with Crippen LogP contribution in [0.15, 0.2) is 28.2 Å². The average Bonchev–Trinajstić information content (AvgIpc) is 3.09. The van der Waals surface area contributed by atoms with Gasteiger partial charge in [0.25, 0.3) is 0 Å². The standard InChI is InChI=1S/C12H13N5OS/c1-8-15-11(18-17-8)7-13-5-9-6-14-16-12(9)10-3-2-4-19-10/h2-4,6,13H,5,7H2,1H3,(H,14,16). The zero-order valence-electron chi connectivity index (χ0n) is 10.4. The van der Waals surface area contributed by atoms with Crippen LogP contribution in [0.25, 0.3) is 10.6 Å². The molecule has 0 aliphatic heterocycles. The Kier molecular flexibility index (Phi) is 3.39. The van der Waals surface area contributed by atoms with E-state index >= 15 is 0 Å². The van der Waals surface area contributed by atoms with Crippen molar-refractivity contribution in [2.24, 2.45) is 0 Å². The topological polar surface area (TPSA) is 79.6 Å². The molecule has 0 radical (unpaired) electrons. The lowest BCUT2D eigenvalue weighted by atomic mass is 10.2. The van der Waals surface area contributed by atoms with Crippen molar-refractivity contribution >= 4 is 11.3 Å². The Morgan fingerprint density at radius 2 is 2.37 bits per heavy atom. The van der Waals surface area contributed by atoms with Crippen molar-refractivity contribution < 1.29 is 4.52 Å². The highest BCUT2D eigenvalue weighted by molar-refractivity contribution is 7.13. The van der Waals surface area contributed by atoms with Gasteiger partial charge in [-0.1, -0.05) is 11.2 Å². The Morgan fingerprint density at radius 1 is 1.42 bits per heavy atom. The summed E-state index contributed by atoms with van der Waals surface area (Å²) < 4.78 is 5.04. The predicted molar refractivity (Wildman–Crippen MR) is 71.5 cm³/mol. The minimum atomic E-state index is 0.551. The van der Waals surface area contributed by atoms with Gasteiger partial charge in [-0.15, -0.1) is 11.3 Å². The van der Waals surface area contributed by atoms with Crippen LogP contribution in [0.2, 0.25) is 0 Å². The number of aromatic nitrogens is 4. The number of nitrogens with zero attached hydrogens (tertiary/aromatic N) is 3. The first-order valence-electron chi connectivity index (χ1n) is 5.89. The normalized spacial score (nSPS) is 11.0. The van der Waals surface area contributed by atoms with Crippen LogP contribution in [0.4, 0.5) is 0 Å². The Balaban J connectivity index is 1.63. The smallest absolute Gasteiger partial charge is 0.240 e. The first-order chi connectivity index (χ1) is 9.33. The van der Waals surface area contributed by atoms with Gasteiger partial charge in [-0.3, -0.25) is 5.10 Å². The highest BCUT2D eigenvalue weighted by Gasteiger charge is 2.09. The van der Waals surface area contributed by atoms with Crippen LogP contribution in [0.3, 0.4) is 0 Å². The van der Waals surface area contributed by atoms with E-state index in [0.29, 0.717) is 24.8 Å². The molecular weight excluding hydrogens is 262 g/mol. The van der Waals surface area contributed by atoms with Crippen LogP contribution in [0.1, 0.15) is 17.3 Å². The van der Waals surface area contributed by atoms with Crippen molar-refractivity contribution in [3.63, 3.8) is 0 Å². The molecule has 0 atom stereocenters. The Labute approximate surface area is 113 Å². The lowest BCUT2D eigenvalue weighted by Crippen LogP contribution is -2.13. The summed E-state index contributed by atoms with van der Waals surface area (Å²) in [6, 6.07) is 4.10. The van der Waals surface area contributed by atoms with Gasteiger partial charge in [-0.25, -0.2) is 0 Å². The van der Waals surface area contributed by atoms with Gasteiger partial charge < -0.3 is 9.84 Å². The molecule has 3 rings (SSSR count). The lowest BCUT2D eigenvalue weighted by molar-refractivity contribution is 0.364. The molecule has 0 saturated carbocycles. The first-order valence-corrected chi connectivity index (χ1v) is 6.77. The molecule has 0 fully saturated rings. The molecule has 19 heavy (non-hydrogen) atoms. The molecule has 0 saturated heterocycles. The zero-order chi connectivity index (χ0) is 13.1. The predicted octanol–water partition coefficient (Wildman–Crippen LogP) is 2.12. The highest BCUT2D eigenvalue weighted by Crippen LogP contribution is 2.25. The molecule has 98 valence electrons. The second kappa shape index (κ2) is 5.33. The van der Waals surface area contributed by atoms with Crippen molar-refractivity contribution in [3.05, 3.63) is 41.0 Å². The van der Waals surface area contributed by atoms with Gasteiger partial charge in [0.2, 0.25) is 5.89 Å². The van der Waals surface area contributed by atoms with Crippen molar-refractivity contribution in [1.29, 1.82) is 0 Å². The highest BCUT2D eigenvalue weighted by atomic mass is 32.1. The summed E-state index contributed by atoms with van der Waals surface area (Å²) >= 11 is 1.69. The molecule has 2 N–H and O–H groups in total. The van der Waals surface area contributed by atoms with Gasteiger partial charge in [0.05, 0.1) is 23.3 Å². The summed E-state index contributed by atoms with van der Waals surface area (Å²) in [6.45, 7) is 3.05. The quantitative estimate of drug-likeness (QED) is 0.745. The van der Waals surface area contributed by atoms with Gasteiger partial charge in [0.15, 0.2) is 5.82 Å². The van der Waals surface area contributed by atoms with Crippen molar-refractivity contribution in [3.8, 4) is 10.6 Å². The molecular formula is C12H13N5OS. The number of rotatable bonds is 5. The largest absolute Gasteiger partial charge is 0.338 e. The molecule has 0 bridgehead atoms. The van der Waals surface area contributed by atoms with Crippen LogP contribution < -0.4 is 5.32 Å². The third-order valence-electron chi connectivity index (χ3n) is 2.65. The van der Waals surface area contributed by atoms with Gasteiger partial charge in [-0.2, -0.15) is 10.1 Å². The molecule has 7 heteroatoms. The second-order valence-corrected chi connectivity index (χ2v) is 5.03. The van der Waals surface area contributed by atoms with E-state index in [9.17, 15) is 0 Å². The van der Waals surface area contributed by atoms with Gasteiger partial charge in [0.1, 0.15) is 0 Å². The summed E-state index contributed by atoms with van der Waals surface area (Å²) in [5.41, 5.74) is 2.18. The molecule has 3 aromatic heterocycles. The van der Waals surface area contributed by atoms with Crippen LogP contribution >= 0.6 is 11.3 Å². The number of aryl methyl sites for hydroxylation is 1. The molecule has 3 aromatic rings. The number of nitrogens with one attached hydrogen (secondary N) is 2. The van der Waals surface area contributed by atoms with Crippen molar-refractivity contribution in [2.45, 2.75) is 20.0 Å². The fraction of sp³-hybridized carbons (Fsp3) is 0.250. The Bertz CT molecular complexity index is 643. The molecule has 3 heterocycles. The van der Waals surface area contributed by atoms with E-state index in [4.69, 9.17) is 4.52 Å². The van der Waals surface area contributed by atoms with Crippen molar-refractivity contribution in [2.75, 3.05) is 0 Å². The number of aromatic amines is 1. The van der Waals surface area contributed by atoms with Crippen LogP contribution in [0.5, 0.6) is 0 Å². The van der Waals surface area contributed by atoms with Crippen molar-refractivity contribution in [1.82, 2.24) is 25.7 Å². The molecule has 6 nitrogen and oxygen atoms in total. The molecule has 0 unspecified atom stereocenters. The third-order valence-corrected chi connectivity index (χ3v) is 3.53. The maximum atomic E-state index is 5.04. The van der Waals surface area contributed by atoms with Crippen LogP contribution in [-0.4, -0.2) is 20.3 Å². The minimum Gasteiger partial charge on any atom is -0.338 e. The molecule has 0 spiro atoms.